The number of aliphatic hydroxyl groups is 1. The minimum Gasteiger partial charge on any atom is -0.480 e. The van der Waals surface area contributed by atoms with E-state index in [0.29, 0.717) is 0 Å². The third-order valence-electron chi connectivity index (χ3n) is 2.86. The van der Waals surface area contributed by atoms with E-state index in [1.54, 1.807) is 24.1 Å². The van der Waals surface area contributed by atoms with Gasteiger partial charge in [0.05, 0.1) is 6.33 Å². The number of nitrogens with zero attached hydrogens (tertiary/aromatic N) is 2. The lowest BCUT2D eigenvalue weighted by molar-refractivity contribution is -0.154. The average molecular weight is 344 g/mol. The highest BCUT2D eigenvalue weighted by molar-refractivity contribution is 5.83. The highest BCUT2D eigenvalue weighted by Crippen LogP contribution is 2.02. The van der Waals surface area contributed by atoms with Gasteiger partial charge < -0.3 is 30.9 Å². The fourth-order valence-electron chi connectivity index (χ4n) is 1.39. The summed E-state index contributed by atoms with van der Waals surface area (Å²) in [6.45, 7) is 2.63. The zero-order chi connectivity index (χ0) is 18.9. The maximum Gasteiger partial charge on any atom is 0.335 e. The number of carbonyl (C=O) groups is 3. The predicted molar refractivity (Wildman–Crippen MR) is 84.1 cm³/mol. The molecule has 24 heavy (non-hydrogen) atoms. The highest BCUT2D eigenvalue weighted by Gasteiger charge is 2.22. The Morgan fingerprint density at radius 3 is 2.25 bits per heavy atom. The number of imidazole rings is 1. The van der Waals surface area contributed by atoms with Crippen LogP contribution in [0.5, 0.6) is 0 Å². The number of aromatic nitrogens is 2. The van der Waals surface area contributed by atoms with Gasteiger partial charge in [-0.2, -0.15) is 0 Å². The molecule has 0 spiro atoms. The minimum atomic E-state index is -1.58. The number of nitrogens with one attached hydrogen (secondary N) is 1. The van der Waals surface area contributed by atoms with Crippen molar-refractivity contribution in [3.8, 4) is 0 Å². The molecule has 1 rings (SSSR count). The molecule has 1 aromatic heterocycles. The molecule has 0 aromatic carbocycles. The smallest absolute Gasteiger partial charge is 0.335 e. The van der Waals surface area contributed by atoms with Crippen LogP contribution in [-0.4, -0.2) is 60.9 Å². The number of hydrogen-bond donors (Lipinski definition) is 5. The molecule has 0 fully saturated rings. The highest BCUT2D eigenvalue weighted by atomic mass is 16.4. The van der Waals surface area contributed by atoms with Gasteiger partial charge in [0.25, 0.3) is 0 Å². The first-order chi connectivity index (χ1) is 11.0. The van der Waals surface area contributed by atoms with E-state index in [2.05, 4.69) is 10.3 Å². The van der Waals surface area contributed by atoms with E-state index in [-0.39, 0.29) is 25.3 Å². The van der Waals surface area contributed by atoms with E-state index in [9.17, 15) is 14.4 Å². The second-order valence-corrected chi connectivity index (χ2v) is 5.56. The fraction of sp³-hybridized carbons (Fsp3) is 0.571. The molecule has 6 N–H and O–H groups in total. The van der Waals surface area contributed by atoms with Gasteiger partial charge in [-0.15, -0.1) is 0 Å². The molecule has 0 saturated carbocycles. The van der Waals surface area contributed by atoms with Gasteiger partial charge in [-0.1, -0.05) is 0 Å². The first-order valence-corrected chi connectivity index (χ1v) is 7.12. The Balaban J connectivity index is 0.000000640. The number of carboxylic acids is 2. The standard InChI is InChI=1S/C10H16N4O3.C4H8O3/c1-14-6-12-5-7(14)4-8(10(16)17)13-9(15)2-3-11;1-4(2,7)3(5)6/h5-6,8H,2-4,11H2,1H3,(H,13,15)(H,16,17);7H,1-2H3,(H,5,6)/t8-;/m0./s1. The molecule has 0 aliphatic carbocycles. The van der Waals surface area contributed by atoms with Crippen LogP contribution in [0.15, 0.2) is 12.5 Å². The monoisotopic (exact) mass is 344 g/mol. The topological polar surface area (TPSA) is 168 Å². The minimum absolute atomic E-state index is 0.120. The van der Waals surface area contributed by atoms with Gasteiger partial charge in [0.1, 0.15) is 6.04 Å². The largest absolute Gasteiger partial charge is 0.480 e. The Bertz CT molecular complexity index is 564. The Kier molecular flexibility index (Phi) is 8.64. The van der Waals surface area contributed by atoms with Crippen molar-refractivity contribution in [1.82, 2.24) is 14.9 Å². The van der Waals surface area contributed by atoms with Crippen LogP contribution in [0.25, 0.3) is 0 Å². The average Bonchev–Trinajstić information content (AvgIpc) is 2.83. The third-order valence-corrected chi connectivity index (χ3v) is 2.86. The number of nitrogens with two attached hydrogens (primary N) is 1. The van der Waals surface area contributed by atoms with Gasteiger partial charge >= 0.3 is 11.9 Å². The van der Waals surface area contributed by atoms with Crippen LogP contribution in [0, 0.1) is 0 Å². The van der Waals surface area contributed by atoms with Crippen molar-refractivity contribution in [3.63, 3.8) is 0 Å². The molecule has 1 heterocycles. The number of carbonyl (C=O) groups excluding carboxylic acids is 1. The molecule has 10 nitrogen and oxygen atoms in total. The number of hydrogen-bond acceptors (Lipinski definition) is 6. The second kappa shape index (κ2) is 9.63. The summed E-state index contributed by atoms with van der Waals surface area (Å²) in [5.74, 6) is -2.63. The number of rotatable bonds is 7. The van der Waals surface area contributed by atoms with Crippen LogP contribution in [0.2, 0.25) is 0 Å². The van der Waals surface area contributed by atoms with Crippen molar-refractivity contribution in [1.29, 1.82) is 0 Å². The summed E-state index contributed by atoms with van der Waals surface area (Å²) >= 11 is 0. The number of carboxylic acid groups (broad SMARTS) is 2. The fourth-order valence-corrected chi connectivity index (χ4v) is 1.39. The van der Waals surface area contributed by atoms with Crippen molar-refractivity contribution in [2.24, 2.45) is 12.8 Å². The molecule has 0 radical (unpaired) electrons. The maximum absolute atomic E-state index is 11.3. The molecule has 10 heteroatoms. The van der Waals surface area contributed by atoms with Crippen molar-refractivity contribution in [2.45, 2.75) is 38.3 Å². The quantitative estimate of drug-likeness (QED) is 0.407. The van der Waals surface area contributed by atoms with E-state index in [4.69, 9.17) is 21.1 Å². The van der Waals surface area contributed by atoms with Gasteiger partial charge in [0.15, 0.2) is 5.60 Å². The second-order valence-electron chi connectivity index (χ2n) is 5.56. The summed E-state index contributed by atoms with van der Waals surface area (Å²) < 4.78 is 1.71. The molecule has 1 atom stereocenters. The molecule has 1 aromatic rings. The van der Waals surface area contributed by atoms with Crippen molar-refractivity contribution >= 4 is 17.8 Å². The van der Waals surface area contributed by atoms with E-state index in [0.717, 1.165) is 5.69 Å². The lowest BCUT2D eigenvalue weighted by atomic mass is 10.1. The van der Waals surface area contributed by atoms with Gasteiger partial charge in [-0.3, -0.25) is 4.79 Å². The first-order valence-electron chi connectivity index (χ1n) is 7.12. The van der Waals surface area contributed by atoms with Crippen LogP contribution in [0.1, 0.15) is 26.0 Å². The Hall–Kier alpha value is -2.46. The zero-order valence-electron chi connectivity index (χ0n) is 13.9. The summed E-state index contributed by atoms with van der Waals surface area (Å²) in [5, 5.41) is 27.9. The van der Waals surface area contributed by atoms with Gasteiger partial charge in [-0.25, -0.2) is 14.6 Å². The lowest BCUT2D eigenvalue weighted by Gasteiger charge is -2.14. The predicted octanol–water partition coefficient (Wildman–Crippen LogP) is -1.28. The third kappa shape index (κ3) is 8.25. The number of amides is 1. The lowest BCUT2D eigenvalue weighted by Crippen LogP contribution is -2.43. The number of aliphatic carboxylic acids is 2. The van der Waals surface area contributed by atoms with Crippen LogP contribution >= 0.6 is 0 Å². The molecule has 1 amide bonds. The van der Waals surface area contributed by atoms with Gasteiger partial charge in [0, 0.05) is 38.3 Å². The van der Waals surface area contributed by atoms with Gasteiger partial charge in [-0.05, 0) is 13.8 Å². The van der Waals surface area contributed by atoms with Crippen LogP contribution in [0.4, 0.5) is 0 Å². The SMILES string of the molecule is CC(C)(O)C(=O)O.Cn1cncc1C[C@H](NC(=O)CCN)C(=O)O. The molecule has 0 aliphatic heterocycles. The van der Waals surface area contributed by atoms with E-state index < -0.39 is 23.6 Å². The van der Waals surface area contributed by atoms with Gasteiger partial charge in [0.2, 0.25) is 5.91 Å². The molecule has 0 bridgehead atoms. The molecule has 0 aliphatic rings. The van der Waals surface area contributed by atoms with E-state index in [1.165, 1.54) is 13.8 Å². The van der Waals surface area contributed by atoms with Crippen LogP contribution < -0.4 is 11.1 Å². The molecule has 136 valence electrons. The van der Waals surface area contributed by atoms with Crippen LogP contribution in [0.3, 0.4) is 0 Å². The van der Waals surface area contributed by atoms with E-state index >= 15 is 0 Å². The molecule has 0 unspecified atom stereocenters. The van der Waals surface area contributed by atoms with Crippen molar-refractivity contribution in [3.05, 3.63) is 18.2 Å². The Morgan fingerprint density at radius 1 is 1.38 bits per heavy atom. The summed E-state index contributed by atoms with van der Waals surface area (Å²) in [7, 11) is 1.77. The summed E-state index contributed by atoms with van der Waals surface area (Å²) in [4.78, 5) is 36.0. The Morgan fingerprint density at radius 2 is 1.92 bits per heavy atom. The summed E-state index contributed by atoms with van der Waals surface area (Å²) in [6, 6.07) is -0.954. The normalized spacial score (nSPS) is 11.9. The van der Waals surface area contributed by atoms with Crippen molar-refractivity contribution in [2.75, 3.05) is 6.54 Å². The molecular formula is C14H24N4O6. The van der Waals surface area contributed by atoms with Crippen molar-refractivity contribution < 1.29 is 29.7 Å². The first kappa shape index (κ1) is 21.5. The summed E-state index contributed by atoms with van der Waals surface area (Å²) in [5.41, 5.74) is 4.38. The molecule has 0 saturated heterocycles. The van der Waals surface area contributed by atoms with Crippen LogP contribution in [-0.2, 0) is 27.9 Å². The van der Waals surface area contributed by atoms with E-state index in [1.807, 2.05) is 0 Å². The zero-order valence-corrected chi connectivity index (χ0v) is 13.9. The molecular weight excluding hydrogens is 320 g/mol. The number of aryl methyl sites for hydroxylation is 1. The maximum atomic E-state index is 11.3. The summed E-state index contributed by atoms with van der Waals surface area (Å²) in [6.07, 6.45) is 3.47. The Labute approximate surface area is 139 Å².